The Morgan fingerprint density at radius 1 is 0.563 bits per heavy atom. The molecule has 0 spiro atoms. The van der Waals surface area contributed by atoms with E-state index in [4.69, 9.17) is 40.3 Å². The highest BCUT2D eigenvalue weighted by molar-refractivity contribution is 5.86. The molecule has 422 valence electrons. The van der Waals surface area contributed by atoms with E-state index in [2.05, 4.69) is 56.7 Å². The second kappa shape index (κ2) is 38.5. The van der Waals surface area contributed by atoms with Crippen LogP contribution in [-0.2, 0) is 38.1 Å². The summed E-state index contributed by atoms with van der Waals surface area (Å²) in [6, 6.07) is -0.818. The van der Waals surface area contributed by atoms with E-state index < -0.39 is 47.5 Å². The van der Waals surface area contributed by atoms with Crippen molar-refractivity contribution < 1.29 is 52.8 Å². The first-order valence-electron chi connectivity index (χ1n) is 25.4. The summed E-state index contributed by atoms with van der Waals surface area (Å²) < 4.78 is 26.2. The fourth-order valence-corrected chi connectivity index (χ4v) is 6.95. The number of morpholine rings is 3. The molecule has 0 saturated carbocycles. The Balaban J connectivity index is -0.000000897. The molecule has 3 aliphatic heterocycles. The first kappa shape index (κ1) is 72.2. The van der Waals surface area contributed by atoms with Crippen LogP contribution in [-0.4, -0.2) is 196 Å². The number of carboxylic acids is 1. The van der Waals surface area contributed by atoms with Crippen molar-refractivity contribution in [2.45, 2.75) is 178 Å². The molecule has 3 fully saturated rings. The summed E-state index contributed by atoms with van der Waals surface area (Å²) >= 11 is 0. The molecule has 0 aromatic heterocycles. The van der Waals surface area contributed by atoms with Gasteiger partial charge >= 0.3 is 18.2 Å². The molecule has 3 unspecified atom stereocenters. The molecule has 0 aromatic carbocycles. The van der Waals surface area contributed by atoms with Crippen LogP contribution in [0.25, 0.3) is 0 Å². The van der Waals surface area contributed by atoms with Gasteiger partial charge in [-0.05, 0) is 80.1 Å². The zero-order valence-corrected chi connectivity index (χ0v) is 46.7. The Kier molecular flexibility index (Phi) is 39.1. The quantitative estimate of drug-likeness (QED) is 0.0926. The third-order valence-corrected chi connectivity index (χ3v) is 12.4. The number of hydrogen-bond donors (Lipinski definition) is 7. The molecule has 3 heterocycles. The molecule has 0 bridgehead atoms. The molecule has 9 atom stereocenters. The molecular formula is C50H104ClN9O11. The Morgan fingerprint density at radius 2 is 0.873 bits per heavy atom. The smallest absolute Gasteiger partial charge is 0.408 e. The summed E-state index contributed by atoms with van der Waals surface area (Å²) in [6.45, 7) is 41.0. The molecule has 71 heavy (non-hydrogen) atoms. The normalized spacial score (nSPS) is 19.4. The minimum Gasteiger partial charge on any atom is -0.480 e. The average Bonchev–Trinajstić information content (AvgIpc) is 3.32. The number of nitrogens with two attached hydrogens (primary N) is 2. The van der Waals surface area contributed by atoms with Crippen LogP contribution in [0.5, 0.6) is 0 Å². The molecular weight excluding hydrogens is 938 g/mol. The molecule has 4 amide bonds. The summed E-state index contributed by atoms with van der Waals surface area (Å²) in [4.78, 5) is 65.8. The van der Waals surface area contributed by atoms with Crippen LogP contribution in [0.15, 0.2) is 0 Å². The predicted octanol–water partition coefficient (Wildman–Crippen LogP) is 4.69. The first-order chi connectivity index (χ1) is 32.2. The van der Waals surface area contributed by atoms with E-state index in [1.807, 2.05) is 34.6 Å². The van der Waals surface area contributed by atoms with Gasteiger partial charge in [0.15, 0.2) is 0 Å². The van der Waals surface area contributed by atoms with E-state index in [0.717, 1.165) is 98.3 Å². The van der Waals surface area contributed by atoms with Crippen LogP contribution >= 0.6 is 12.4 Å². The minimum atomic E-state index is -1.04. The van der Waals surface area contributed by atoms with Crippen molar-refractivity contribution in [3.05, 3.63) is 0 Å². The van der Waals surface area contributed by atoms with Gasteiger partial charge < -0.3 is 61.5 Å². The van der Waals surface area contributed by atoms with Gasteiger partial charge in [0.1, 0.15) is 23.3 Å². The van der Waals surface area contributed by atoms with Crippen LogP contribution in [0, 0.1) is 17.8 Å². The highest BCUT2D eigenvalue weighted by Gasteiger charge is 2.30. The van der Waals surface area contributed by atoms with Gasteiger partial charge in [-0.15, -0.1) is 12.4 Å². The lowest BCUT2D eigenvalue weighted by atomic mass is 9.98. The number of nitrogens with one attached hydrogen (secondary N) is 4. The predicted molar refractivity (Wildman–Crippen MR) is 285 cm³/mol. The van der Waals surface area contributed by atoms with E-state index >= 15 is 0 Å². The zero-order chi connectivity index (χ0) is 52.9. The molecule has 3 saturated heterocycles. The molecule has 0 aromatic rings. The lowest BCUT2D eigenvalue weighted by Crippen LogP contribution is -2.54. The molecule has 3 aliphatic rings. The number of hydrogen-bond acceptors (Lipinski definition) is 15. The van der Waals surface area contributed by atoms with E-state index in [1.165, 1.54) is 0 Å². The Labute approximate surface area is 435 Å². The average molecular weight is 1040 g/mol. The molecule has 0 radical (unpaired) electrons. The van der Waals surface area contributed by atoms with Crippen molar-refractivity contribution >= 4 is 42.4 Å². The van der Waals surface area contributed by atoms with Crippen LogP contribution in [0.4, 0.5) is 9.59 Å². The van der Waals surface area contributed by atoms with E-state index in [1.54, 1.807) is 48.5 Å². The van der Waals surface area contributed by atoms with Crippen molar-refractivity contribution in [3.63, 3.8) is 0 Å². The fraction of sp³-hybridized carbons (Fsp3) is 0.900. The lowest BCUT2D eigenvalue weighted by Gasteiger charge is -2.33. The number of nitrogens with zero attached hydrogens (tertiary/aromatic N) is 3. The van der Waals surface area contributed by atoms with E-state index in [9.17, 15) is 24.0 Å². The van der Waals surface area contributed by atoms with Gasteiger partial charge in [0.2, 0.25) is 11.8 Å². The third kappa shape index (κ3) is 32.7. The van der Waals surface area contributed by atoms with Gasteiger partial charge in [-0.25, -0.2) is 14.4 Å². The topological polar surface area (TPSA) is 262 Å². The molecule has 9 N–H and O–H groups in total. The standard InChI is InChI=1S/C18H35N3O4.C13H27N3O2.C11H21NO4.C7H16N2O.CH4.ClH/c1-7-13(2)15(20-17(23)25-18(4,5)6)16(22)19-12-14(3)21-8-10-24-11-9-21;1-4-10(2)12(14)13(17)15-9-11(3)16-5-7-18-8-6-16;1-6-7(2)8(9(13)14)12-10(15)16-11(3,4)5;1-7(6-8)9-2-4-10-5-3-9;;/h13-15H,7-12H2,1-6H3,(H,19,22)(H,20,23);10-12H,4-9,14H2,1-3H3,(H,15,17);7-8H,6H2,1-5H3,(H,12,15)(H,13,14);7H,2-6,8H2,1H3;1H4;1H/t13-,14?,15-;10-,11?,12-;7-,8-;;;/m000.../s1. The van der Waals surface area contributed by atoms with Gasteiger partial charge in [-0.1, -0.05) is 68.2 Å². The zero-order valence-electron chi connectivity index (χ0n) is 45.9. The number of ether oxygens (including phenoxy) is 5. The second-order valence-electron chi connectivity index (χ2n) is 20.5. The fourth-order valence-electron chi connectivity index (χ4n) is 6.95. The summed E-state index contributed by atoms with van der Waals surface area (Å²) in [5, 5.41) is 20.0. The lowest BCUT2D eigenvalue weighted by molar-refractivity contribution is -0.140. The number of carbonyl (C=O) groups excluding carboxylic acids is 4. The van der Waals surface area contributed by atoms with Gasteiger partial charge in [0, 0.05) is 77.0 Å². The first-order valence-corrected chi connectivity index (χ1v) is 25.4. The molecule has 3 rings (SSSR count). The molecule has 21 heteroatoms. The highest BCUT2D eigenvalue weighted by atomic mass is 35.5. The van der Waals surface area contributed by atoms with Crippen LogP contribution in [0.2, 0.25) is 0 Å². The molecule has 20 nitrogen and oxygen atoms in total. The van der Waals surface area contributed by atoms with Crippen LogP contribution in [0.3, 0.4) is 0 Å². The van der Waals surface area contributed by atoms with Gasteiger partial charge in [-0.3, -0.25) is 24.3 Å². The Bertz CT molecular complexity index is 1440. The van der Waals surface area contributed by atoms with Gasteiger partial charge in [0.25, 0.3) is 0 Å². The summed E-state index contributed by atoms with van der Waals surface area (Å²) in [5.41, 5.74) is 10.2. The monoisotopic (exact) mass is 1040 g/mol. The SMILES string of the molecule is C.CC(CN)N1CCOCC1.CC[C@H](C)[C@H](N)C(=O)NCC(C)N1CCOCC1.CC[C@H](C)[C@H](NC(=O)OC(C)(C)C)C(=O)NCC(C)N1CCOCC1.CC[C@H](C)[C@H](NC(=O)OC(C)(C)C)C(=O)O.Cl. The number of rotatable bonds is 19. The second-order valence-corrected chi connectivity index (χ2v) is 20.5. The minimum absolute atomic E-state index is 0. The number of aliphatic carboxylic acids is 1. The van der Waals surface area contributed by atoms with Crippen molar-refractivity contribution in [1.82, 2.24) is 36.0 Å². The van der Waals surface area contributed by atoms with Gasteiger partial charge in [0.05, 0.1) is 45.7 Å². The number of halogens is 1. The summed E-state index contributed by atoms with van der Waals surface area (Å²) in [5.74, 6) is -1.13. The van der Waals surface area contributed by atoms with Crippen molar-refractivity contribution in [2.75, 3.05) is 98.5 Å². The number of carbonyl (C=O) groups is 5. The Morgan fingerprint density at radius 3 is 1.18 bits per heavy atom. The Hall–Kier alpha value is -3.08. The maximum Gasteiger partial charge on any atom is 0.408 e. The van der Waals surface area contributed by atoms with Crippen LogP contribution < -0.4 is 32.7 Å². The number of carboxylic acid groups (broad SMARTS) is 1. The maximum atomic E-state index is 12.6. The number of alkyl carbamates (subject to hydrolysis) is 2. The van der Waals surface area contributed by atoms with Crippen LogP contribution in [0.1, 0.15) is 131 Å². The van der Waals surface area contributed by atoms with E-state index in [-0.39, 0.29) is 55.4 Å². The van der Waals surface area contributed by atoms with Gasteiger partial charge in [-0.2, -0.15) is 0 Å². The highest BCUT2D eigenvalue weighted by Crippen LogP contribution is 2.14. The summed E-state index contributed by atoms with van der Waals surface area (Å²) in [7, 11) is 0. The van der Waals surface area contributed by atoms with Crippen molar-refractivity contribution in [1.29, 1.82) is 0 Å². The molecule has 0 aliphatic carbocycles. The third-order valence-electron chi connectivity index (χ3n) is 12.4. The van der Waals surface area contributed by atoms with Crippen molar-refractivity contribution in [3.8, 4) is 0 Å². The summed E-state index contributed by atoms with van der Waals surface area (Å²) in [6.07, 6.45) is 1.13. The number of amides is 4. The van der Waals surface area contributed by atoms with E-state index in [0.29, 0.717) is 31.6 Å². The van der Waals surface area contributed by atoms with Crippen molar-refractivity contribution in [2.24, 2.45) is 29.2 Å². The largest absolute Gasteiger partial charge is 0.480 e. The maximum absolute atomic E-state index is 12.6.